The van der Waals surface area contributed by atoms with Crippen LogP contribution in [-0.4, -0.2) is 18.2 Å². The van der Waals surface area contributed by atoms with Gasteiger partial charge in [0.1, 0.15) is 4.90 Å². The van der Waals surface area contributed by atoms with E-state index in [0.29, 0.717) is 4.47 Å². The molecule has 96 valence electrons. The minimum atomic E-state index is -3.70. The van der Waals surface area contributed by atoms with E-state index in [1.807, 2.05) is 0 Å². The average Bonchev–Trinajstić information content (AvgIpc) is 2.61. The smallest absolute Gasteiger partial charge is 0.264 e. The number of hydrogen-bond acceptors (Lipinski definition) is 4. The van der Waals surface area contributed by atoms with Crippen molar-refractivity contribution in [1.29, 1.82) is 0 Å². The molecule has 0 aliphatic rings. The Bertz CT molecular complexity index is 661. The molecule has 18 heavy (non-hydrogen) atoms. The summed E-state index contributed by atoms with van der Waals surface area (Å²) in [5.41, 5.74) is 5.91. The van der Waals surface area contributed by atoms with Gasteiger partial charge in [-0.05, 0) is 28.1 Å². The average molecular weight is 331 g/mol. The second-order valence-electron chi connectivity index (χ2n) is 3.61. The first-order valence-electron chi connectivity index (χ1n) is 4.96. The Morgan fingerprint density at radius 3 is 2.61 bits per heavy atom. The Kier molecular flexibility index (Phi) is 3.31. The van der Waals surface area contributed by atoms with E-state index in [1.165, 1.54) is 16.9 Å². The molecule has 2 rings (SSSR count). The van der Waals surface area contributed by atoms with Crippen LogP contribution in [0.15, 0.2) is 39.8 Å². The Hall–Kier alpha value is -1.54. The van der Waals surface area contributed by atoms with Gasteiger partial charge in [0.25, 0.3) is 10.0 Å². The number of nitrogen functional groups attached to an aromatic ring is 1. The molecular weight excluding hydrogens is 320 g/mol. The monoisotopic (exact) mass is 330 g/mol. The highest BCUT2D eigenvalue weighted by Crippen LogP contribution is 2.25. The molecule has 0 radical (unpaired) electrons. The van der Waals surface area contributed by atoms with Crippen molar-refractivity contribution in [3.63, 3.8) is 0 Å². The Morgan fingerprint density at radius 2 is 2.06 bits per heavy atom. The Labute approximate surface area is 113 Å². The number of benzene rings is 1. The zero-order valence-corrected chi connectivity index (χ0v) is 11.9. The lowest BCUT2D eigenvalue weighted by Gasteiger charge is -2.10. The molecule has 1 aromatic heterocycles. The minimum Gasteiger partial charge on any atom is -0.394 e. The molecule has 0 atom stereocenters. The zero-order chi connectivity index (χ0) is 13.3. The van der Waals surface area contributed by atoms with E-state index in [1.54, 1.807) is 25.2 Å². The largest absolute Gasteiger partial charge is 0.394 e. The highest BCUT2D eigenvalue weighted by atomic mass is 79.9. The molecule has 0 bridgehead atoms. The molecule has 0 aliphatic heterocycles. The summed E-state index contributed by atoms with van der Waals surface area (Å²) < 4.78 is 28.6. The zero-order valence-electron chi connectivity index (χ0n) is 9.46. The summed E-state index contributed by atoms with van der Waals surface area (Å²) in [4.78, 5) is 0.144. The van der Waals surface area contributed by atoms with Crippen LogP contribution in [0.5, 0.6) is 0 Å². The molecule has 0 saturated carbocycles. The van der Waals surface area contributed by atoms with Gasteiger partial charge in [0.2, 0.25) is 0 Å². The van der Waals surface area contributed by atoms with Crippen LogP contribution >= 0.6 is 15.9 Å². The molecule has 3 N–H and O–H groups in total. The molecular formula is C10H11BrN4O2S. The van der Waals surface area contributed by atoms with Gasteiger partial charge in [-0.25, -0.2) is 8.42 Å². The van der Waals surface area contributed by atoms with Crippen LogP contribution in [0.3, 0.4) is 0 Å². The molecule has 2 aromatic rings. The predicted molar refractivity (Wildman–Crippen MR) is 72.6 cm³/mol. The first-order chi connectivity index (χ1) is 8.42. The predicted octanol–water partition coefficient (Wildman–Crippen LogP) is 1.57. The van der Waals surface area contributed by atoms with E-state index in [4.69, 9.17) is 5.73 Å². The lowest BCUT2D eigenvalue weighted by molar-refractivity contribution is 0.600. The minimum absolute atomic E-state index is 0.144. The number of aromatic nitrogens is 2. The van der Waals surface area contributed by atoms with Crippen LogP contribution in [0.4, 0.5) is 11.5 Å². The van der Waals surface area contributed by atoms with Crippen LogP contribution < -0.4 is 10.5 Å². The molecule has 6 nitrogen and oxygen atoms in total. The van der Waals surface area contributed by atoms with Gasteiger partial charge in [0.15, 0.2) is 5.82 Å². The maximum atomic E-state index is 12.2. The van der Waals surface area contributed by atoms with E-state index in [0.717, 1.165) is 0 Å². The lowest BCUT2D eigenvalue weighted by atomic mass is 10.4. The summed E-state index contributed by atoms with van der Waals surface area (Å²) >= 11 is 3.20. The molecule has 0 spiro atoms. The van der Waals surface area contributed by atoms with Gasteiger partial charge in [-0.15, -0.1) is 0 Å². The van der Waals surface area contributed by atoms with Gasteiger partial charge < -0.3 is 5.73 Å². The summed E-state index contributed by atoms with van der Waals surface area (Å²) in [6, 6.07) is 6.54. The number of nitrogens with zero attached hydrogens (tertiary/aromatic N) is 2. The van der Waals surface area contributed by atoms with Crippen molar-refractivity contribution in [2.75, 3.05) is 10.5 Å². The van der Waals surface area contributed by atoms with Crippen molar-refractivity contribution in [2.24, 2.45) is 7.05 Å². The van der Waals surface area contributed by atoms with E-state index in [-0.39, 0.29) is 16.4 Å². The summed E-state index contributed by atoms with van der Waals surface area (Å²) in [5.74, 6) is 0.241. The number of nitrogens with two attached hydrogens (primary N) is 1. The van der Waals surface area contributed by atoms with Crippen LogP contribution in [0.2, 0.25) is 0 Å². The van der Waals surface area contributed by atoms with Gasteiger partial charge in [-0.2, -0.15) is 5.10 Å². The van der Waals surface area contributed by atoms with Crippen molar-refractivity contribution in [2.45, 2.75) is 4.90 Å². The van der Waals surface area contributed by atoms with Crippen LogP contribution in [-0.2, 0) is 17.1 Å². The highest BCUT2D eigenvalue weighted by molar-refractivity contribution is 9.10. The van der Waals surface area contributed by atoms with Crippen molar-refractivity contribution < 1.29 is 8.42 Å². The fourth-order valence-electron chi connectivity index (χ4n) is 1.42. The molecule has 1 aromatic carbocycles. The van der Waals surface area contributed by atoms with Gasteiger partial charge in [0, 0.05) is 11.5 Å². The topological polar surface area (TPSA) is 90.0 Å². The fraction of sp³-hybridized carbons (Fsp3) is 0.100. The fourth-order valence-corrected chi connectivity index (χ4v) is 3.55. The highest BCUT2D eigenvalue weighted by Gasteiger charge is 2.20. The molecule has 0 saturated heterocycles. The van der Waals surface area contributed by atoms with Crippen LogP contribution in [0.1, 0.15) is 0 Å². The quantitative estimate of drug-likeness (QED) is 0.893. The van der Waals surface area contributed by atoms with E-state index in [2.05, 4.69) is 25.8 Å². The van der Waals surface area contributed by atoms with Gasteiger partial charge >= 0.3 is 0 Å². The Balaban J connectivity index is 2.43. The second kappa shape index (κ2) is 4.62. The van der Waals surface area contributed by atoms with E-state index >= 15 is 0 Å². The number of sulfonamides is 1. The molecule has 0 fully saturated rings. The van der Waals surface area contributed by atoms with Gasteiger partial charge in [-0.1, -0.05) is 12.1 Å². The standard InChI is InChI=1S/C10H11BrN4O2S/c1-15-10(8(12)6-13-15)14-18(16,17)9-5-3-2-4-7(9)11/h2-6,14H,12H2,1H3. The normalized spacial score (nSPS) is 11.4. The molecule has 0 amide bonds. The first-order valence-corrected chi connectivity index (χ1v) is 7.24. The van der Waals surface area contributed by atoms with Crippen molar-refractivity contribution in [1.82, 2.24) is 9.78 Å². The summed E-state index contributed by atoms with van der Waals surface area (Å²) in [6.07, 6.45) is 1.39. The Morgan fingerprint density at radius 1 is 1.39 bits per heavy atom. The van der Waals surface area contributed by atoms with Crippen molar-refractivity contribution in [3.05, 3.63) is 34.9 Å². The number of rotatable bonds is 3. The van der Waals surface area contributed by atoms with E-state index in [9.17, 15) is 8.42 Å². The van der Waals surface area contributed by atoms with Crippen molar-refractivity contribution >= 4 is 37.5 Å². The number of hydrogen-bond donors (Lipinski definition) is 2. The lowest BCUT2D eigenvalue weighted by Crippen LogP contribution is -2.16. The number of anilines is 2. The number of aryl methyl sites for hydroxylation is 1. The molecule has 1 heterocycles. The van der Waals surface area contributed by atoms with Crippen LogP contribution in [0, 0.1) is 0 Å². The number of nitrogens with one attached hydrogen (secondary N) is 1. The SMILES string of the molecule is Cn1ncc(N)c1NS(=O)(=O)c1ccccc1Br. The first kappa shape index (κ1) is 12.9. The molecule has 0 aliphatic carbocycles. The maximum Gasteiger partial charge on any atom is 0.264 e. The summed E-state index contributed by atoms with van der Waals surface area (Å²) in [7, 11) is -2.09. The summed E-state index contributed by atoms with van der Waals surface area (Å²) in [5, 5.41) is 3.87. The summed E-state index contributed by atoms with van der Waals surface area (Å²) in [6.45, 7) is 0. The van der Waals surface area contributed by atoms with Crippen molar-refractivity contribution in [3.8, 4) is 0 Å². The van der Waals surface area contributed by atoms with Gasteiger partial charge in [0.05, 0.1) is 11.9 Å². The van der Waals surface area contributed by atoms with Crippen LogP contribution in [0.25, 0.3) is 0 Å². The van der Waals surface area contributed by atoms with Gasteiger partial charge in [-0.3, -0.25) is 9.40 Å². The molecule has 8 heteroatoms. The van der Waals surface area contributed by atoms with E-state index < -0.39 is 10.0 Å². The maximum absolute atomic E-state index is 12.2. The third kappa shape index (κ3) is 2.34. The third-order valence-electron chi connectivity index (χ3n) is 2.32. The molecule has 0 unspecified atom stereocenters. The third-order valence-corrected chi connectivity index (χ3v) is 4.68. The second-order valence-corrected chi connectivity index (χ2v) is 6.11. The number of halogens is 1.